The molecule has 1 aliphatic heterocycles. The maximum absolute atomic E-state index is 12.9. The minimum absolute atomic E-state index is 0.218. The summed E-state index contributed by atoms with van der Waals surface area (Å²) in [5.74, 6) is 0.238. The molecule has 2 aromatic carbocycles. The number of rotatable bonds is 6. The van der Waals surface area contributed by atoms with E-state index in [0.29, 0.717) is 37.5 Å². The van der Waals surface area contributed by atoms with Crippen molar-refractivity contribution in [2.75, 3.05) is 32.1 Å². The van der Waals surface area contributed by atoms with Crippen LogP contribution in [0.15, 0.2) is 48.5 Å². The van der Waals surface area contributed by atoms with E-state index >= 15 is 0 Å². The minimum atomic E-state index is -3.69. The van der Waals surface area contributed by atoms with Crippen LogP contribution < -0.4 is 10.1 Å². The summed E-state index contributed by atoms with van der Waals surface area (Å²) in [4.78, 5) is 12.4. The van der Waals surface area contributed by atoms with Crippen molar-refractivity contribution < 1.29 is 17.9 Å². The van der Waals surface area contributed by atoms with Crippen LogP contribution in [0.4, 0.5) is 5.69 Å². The van der Waals surface area contributed by atoms with Gasteiger partial charge in [0.1, 0.15) is 5.75 Å². The number of nitrogens with zero attached hydrogens (tertiary/aromatic N) is 2. The minimum Gasteiger partial charge on any atom is -0.497 e. The van der Waals surface area contributed by atoms with Crippen LogP contribution >= 0.6 is 0 Å². The van der Waals surface area contributed by atoms with Gasteiger partial charge in [0, 0.05) is 31.4 Å². The van der Waals surface area contributed by atoms with Crippen molar-refractivity contribution in [3.05, 3.63) is 59.7 Å². The first-order valence-corrected chi connectivity index (χ1v) is 10.5. The van der Waals surface area contributed by atoms with Crippen LogP contribution in [0.1, 0.15) is 17.5 Å². The van der Waals surface area contributed by atoms with Gasteiger partial charge in [0.15, 0.2) is 0 Å². The van der Waals surface area contributed by atoms with Gasteiger partial charge in [-0.2, -0.15) is 17.0 Å². The standard InChI is InChI=1S/C20H25N3O4S/c1-16-7-9-17(10-8-16)14-22-11-4-12-23(28(22,25)26)15-20(24)21-18-5-3-6-19(13-18)27-2/h3,5-10,13H,4,11-12,14-15H2,1-2H3,(H,21,24). The van der Waals surface area contributed by atoms with Crippen LogP contribution in [0.3, 0.4) is 0 Å². The lowest BCUT2D eigenvalue weighted by Gasteiger charge is -2.34. The van der Waals surface area contributed by atoms with Crippen molar-refractivity contribution in [3.63, 3.8) is 0 Å². The SMILES string of the molecule is COc1cccc(NC(=O)CN2CCCN(Cc3ccc(C)cc3)S2(=O)=O)c1. The lowest BCUT2D eigenvalue weighted by molar-refractivity contribution is -0.116. The summed E-state index contributed by atoms with van der Waals surface area (Å²) in [7, 11) is -2.15. The zero-order chi connectivity index (χ0) is 20.1. The van der Waals surface area contributed by atoms with Crippen molar-refractivity contribution in [1.29, 1.82) is 0 Å². The van der Waals surface area contributed by atoms with E-state index in [2.05, 4.69) is 5.32 Å². The number of benzene rings is 2. The number of anilines is 1. The fourth-order valence-corrected chi connectivity index (χ4v) is 4.74. The lowest BCUT2D eigenvalue weighted by Crippen LogP contribution is -2.51. The Morgan fingerprint density at radius 1 is 1.11 bits per heavy atom. The van der Waals surface area contributed by atoms with E-state index in [1.54, 1.807) is 31.4 Å². The van der Waals surface area contributed by atoms with E-state index in [1.807, 2.05) is 31.2 Å². The van der Waals surface area contributed by atoms with E-state index in [4.69, 9.17) is 4.74 Å². The number of aryl methyl sites for hydroxylation is 1. The molecule has 0 saturated carbocycles. The first-order chi connectivity index (χ1) is 13.4. The number of amides is 1. The Morgan fingerprint density at radius 2 is 1.82 bits per heavy atom. The average Bonchev–Trinajstić information content (AvgIpc) is 2.67. The molecule has 1 heterocycles. The molecular formula is C20H25N3O4S. The second-order valence-electron chi connectivity index (χ2n) is 6.79. The second kappa shape index (κ2) is 8.72. The van der Waals surface area contributed by atoms with Crippen molar-refractivity contribution in [2.45, 2.75) is 19.9 Å². The Labute approximate surface area is 166 Å². The quantitative estimate of drug-likeness (QED) is 0.803. The van der Waals surface area contributed by atoms with Crippen molar-refractivity contribution in [3.8, 4) is 5.75 Å². The zero-order valence-corrected chi connectivity index (χ0v) is 16.9. The molecule has 28 heavy (non-hydrogen) atoms. The molecular weight excluding hydrogens is 378 g/mol. The third kappa shape index (κ3) is 4.89. The highest BCUT2D eigenvalue weighted by molar-refractivity contribution is 7.86. The molecule has 3 rings (SSSR count). The molecule has 0 spiro atoms. The molecule has 150 valence electrons. The van der Waals surface area contributed by atoms with Gasteiger partial charge in [-0.15, -0.1) is 0 Å². The van der Waals surface area contributed by atoms with Gasteiger partial charge in [0.2, 0.25) is 5.91 Å². The third-order valence-electron chi connectivity index (χ3n) is 4.62. The van der Waals surface area contributed by atoms with Gasteiger partial charge in [-0.3, -0.25) is 4.79 Å². The highest BCUT2D eigenvalue weighted by atomic mass is 32.2. The van der Waals surface area contributed by atoms with E-state index in [-0.39, 0.29) is 12.5 Å². The van der Waals surface area contributed by atoms with Crippen LogP contribution in [-0.2, 0) is 21.5 Å². The first kappa shape index (κ1) is 20.3. The Hall–Kier alpha value is -2.42. The molecule has 0 unspecified atom stereocenters. The average molecular weight is 404 g/mol. The molecule has 0 bridgehead atoms. The van der Waals surface area contributed by atoms with E-state index in [0.717, 1.165) is 11.1 Å². The number of carbonyl (C=O) groups is 1. The summed E-state index contributed by atoms with van der Waals surface area (Å²) in [6.07, 6.45) is 0.678. The summed E-state index contributed by atoms with van der Waals surface area (Å²) in [5, 5.41) is 2.73. The van der Waals surface area contributed by atoms with E-state index in [1.165, 1.54) is 8.61 Å². The summed E-state index contributed by atoms with van der Waals surface area (Å²) in [5.41, 5.74) is 2.62. The number of hydrogen-bond acceptors (Lipinski definition) is 4. The molecule has 0 radical (unpaired) electrons. The van der Waals surface area contributed by atoms with Gasteiger partial charge in [0.25, 0.3) is 10.2 Å². The number of methoxy groups -OCH3 is 1. The maximum Gasteiger partial charge on any atom is 0.282 e. The van der Waals surface area contributed by atoms with Gasteiger partial charge in [-0.05, 0) is 31.0 Å². The molecule has 8 heteroatoms. The third-order valence-corrected chi connectivity index (χ3v) is 6.55. The summed E-state index contributed by atoms with van der Waals surface area (Å²) >= 11 is 0. The molecule has 0 atom stereocenters. The number of ether oxygens (including phenoxy) is 1. The summed E-state index contributed by atoms with van der Waals surface area (Å²) < 4.78 is 33.6. The maximum atomic E-state index is 12.9. The largest absolute Gasteiger partial charge is 0.497 e. The monoisotopic (exact) mass is 403 g/mol. The lowest BCUT2D eigenvalue weighted by atomic mass is 10.1. The molecule has 2 aromatic rings. The Kier molecular flexibility index (Phi) is 6.33. The van der Waals surface area contributed by atoms with Gasteiger partial charge < -0.3 is 10.1 Å². The predicted octanol–water partition coefficient (Wildman–Crippen LogP) is 2.39. The van der Waals surface area contributed by atoms with E-state index < -0.39 is 10.2 Å². The zero-order valence-electron chi connectivity index (χ0n) is 16.1. The van der Waals surface area contributed by atoms with Crippen molar-refractivity contribution >= 4 is 21.8 Å². The van der Waals surface area contributed by atoms with Crippen LogP contribution in [-0.4, -0.2) is 49.7 Å². The molecule has 1 aliphatic rings. The predicted molar refractivity (Wildman–Crippen MR) is 108 cm³/mol. The number of nitrogens with one attached hydrogen (secondary N) is 1. The molecule has 7 nitrogen and oxygen atoms in total. The number of hydrogen-bond donors (Lipinski definition) is 1. The Bertz CT molecular complexity index is 929. The van der Waals surface area contributed by atoms with E-state index in [9.17, 15) is 13.2 Å². The van der Waals surface area contributed by atoms with Gasteiger partial charge in [-0.1, -0.05) is 35.9 Å². The topological polar surface area (TPSA) is 79.0 Å². The van der Waals surface area contributed by atoms with Gasteiger partial charge in [-0.25, -0.2) is 0 Å². The van der Waals surface area contributed by atoms with Crippen LogP contribution in [0.5, 0.6) is 5.75 Å². The molecule has 1 amide bonds. The highest BCUT2D eigenvalue weighted by Gasteiger charge is 2.34. The Morgan fingerprint density at radius 3 is 2.54 bits per heavy atom. The van der Waals surface area contributed by atoms with Crippen LogP contribution in [0.2, 0.25) is 0 Å². The fourth-order valence-electron chi connectivity index (χ4n) is 3.10. The Balaban J connectivity index is 1.65. The fraction of sp³-hybridized carbons (Fsp3) is 0.350. The highest BCUT2D eigenvalue weighted by Crippen LogP contribution is 2.20. The molecule has 0 aromatic heterocycles. The molecule has 1 saturated heterocycles. The van der Waals surface area contributed by atoms with Gasteiger partial charge in [0.05, 0.1) is 13.7 Å². The van der Waals surface area contributed by atoms with Gasteiger partial charge >= 0.3 is 0 Å². The smallest absolute Gasteiger partial charge is 0.282 e. The summed E-state index contributed by atoms with van der Waals surface area (Å²) in [6, 6.07) is 14.7. The molecule has 1 N–H and O–H groups in total. The van der Waals surface area contributed by atoms with Crippen molar-refractivity contribution in [1.82, 2.24) is 8.61 Å². The second-order valence-corrected chi connectivity index (χ2v) is 8.72. The molecule has 1 fully saturated rings. The summed E-state index contributed by atoms with van der Waals surface area (Å²) in [6.45, 7) is 2.85. The molecule has 0 aliphatic carbocycles. The van der Waals surface area contributed by atoms with Crippen LogP contribution in [0, 0.1) is 6.92 Å². The van der Waals surface area contributed by atoms with Crippen LogP contribution in [0.25, 0.3) is 0 Å². The number of carbonyl (C=O) groups excluding carboxylic acids is 1. The van der Waals surface area contributed by atoms with Crippen molar-refractivity contribution in [2.24, 2.45) is 0 Å². The first-order valence-electron chi connectivity index (χ1n) is 9.13. The normalized spacial score (nSPS) is 17.2.